The molecule has 9 heteroatoms. The summed E-state index contributed by atoms with van der Waals surface area (Å²) in [5.41, 5.74) is 6.21. The van der Waals surface area contributed by atoms with Crippen LogP contribution in [0.15, 0.2) is 12.1 Å². The van der Waals surface area contributed by atoms with Crippen molar-refractivity contribution in [2.75, 3.05) is 27.9 Å². The summed E-state index contributed by atoms with van der Waals surface area (Å²) in [5.74, 6) is -0.383. The summed E-state index contributed by atoms with van der Waals surface area (Å²) in [5, 5.41) is 2.79. The minimum Gasteiger partial charge on any atom is -0.493 e. The minimum absolute atomic E-state index is 0.0997. The number of primary amides is 1. The van der Waals surface area contributed by atoms with Crippen molar-refractivity contribution in [1.82, 2.24) is 10.2 Å². The lowest BCUT2D eigenvalue weighted by molar-refractivity contribution is -0.144. The van der Waals surface area contributed by atoms with E-state index in [0.29, 0.717) is 42.2 Å². The summed E-state index contributed by atoms with van der Waals surface area (Å²) in [6, 6.07) is 2.07. The summed E-state index contributed by atoms with van der Waals surface area (Å²) in [4.78, 5) is 40.1. The fraction of sp³-hybridized carbons (Fsp3) is 0.625. The predicted molar refractivity (Wildman–Crippen MR) is 124 cm³/mol. The molecule has 0 spiro atoms. The van der Waals surface area contributed by atoms with Gasteiger partial charge in [-0.25, -0.2) is 0 Å². The molecule has 1 fully saturated rings. The van der Waals surface area contributed by atoms with E-state index in [1.54, 1.807) is 24.0 Å². The van der Waals surface area contributed by atoms with Crippen molar-refractivity contribution in [2.24, 2.45) is 11.7 Å². The van der Waals surface area contributed by atoms with Gasteiger partial charge in [-0.2, -0.15) is 0 Å². The number of likely N-dealkylation sites (tertiary alicyclic amines) is 1. The number of nitrogens with zero attached hydrogens (tertiary/aromatic N) is 1. The Kier molecular flexibility index (Phi) is 9.37. The van der Waals surface area contributed by atoms with Crippen molar-refractivity contribution in [3.05, 3.63) is 17.7 Å². The second-order valence-electron chi connectivity index (χ2n) is 8.50. The second kappa shape index (κ2) is 11.8. The molecule has 1 aliphatic rings. The molecule has 1 saturated heterocycles. The summed E-state index contributed by atoms with van der Waals surface area (Å²) in [6.45, 7) is 6.06. The Labute approximate surface area is 195 Å². The van der Waals surface area contributed by atoms with E-state index in [4.69, 9.17) is 19.9 Å². The summed E-state index contributed by atoms with van der Waals surface area (Å²) < 4.78 is 16.2. The smallest absolute Gasteiger partial charge is 0.243 e. The van der Waals surface area contributed by atoms with Crippen LogP contribution >= 0.6 is 0 Å². The molecule has 184 valence electrons. The Hall–Kier alpha value is -2.97. The summed E-state index contributed by atoms with van der Waals surface area (Å²) in [6.07, 6.45) is 2.86. The lowest BCUT2D eigenvalue weighted by atomic mass is 9.93. The third kappa shape index (κ3) is 5.89. The number of piperidine rings is 1. The first-order chi connectivity index (χ1) is 15.7. The number of hydrogen-bond acceptors (Lipinski definition) is 6. The molecule has 1 aliphatic heterocycles. The normalized spacial score (nSPS) is 18.6. The fourth-order valence-corrected chi connectivity index (χ4v) is 4.19. The Morgan fingerprint density at radius 2 is 1.70 bits per heavy atom. The van der Waals surface area contributed by atoms with Crippen molar-refractivity contribution in [1.29, 1.82) is 0 Å². The molecule has 1 aromatic carbocycles. The van der Waals surface area contributed by atoms with Crippen molar-refractivity contribution in [3.8, 4) is 17.2 Å². The van der Waals surface area contributed by atoms with E-state index >= 15 is 0 Å². The van der Waals surface area contributed by atoms with E-state index in [1.165, 1.54) is 21.3 Å². The number of hydrogen-bond donors (Lipinski definition) is 2. The van der Waals surface area contributed by atoms with Crippen molar-refractivity contribution >= 4 is 17.7 Å². The summed E-state index contributed by atoms with van der Waals surface area (Å²) >= 11 is 0. The molecule has 4 atom stereocenters. The molecule has 33 heavy (non-hydrogen) atoms. The molecule has 2 rings (SSSR count). The zero-order chi connectivity index (χ0) is 24.7. The van der Waals surface area contributed by atoms with E-state index in [9.17, 15) is 14.4 Å². The molecule has 0 aliphatic carbocycles. The van der Waals surface area contributed by atoms with Gasteiger partial charge in [0.05, 0.1) is 27.2 Å². The number of nitrogens with two attached hydrogens (primary N) is 1. The molecule has 1 aromatic rings. The maximum Gasteiger partial charge on any atom is 0.243 e. The average Bonchev–Trinajstić information content (AvgIpc) is 2.84. The number of nitrogens with one attached hydrogen (secondary N) is 1. The van der Waals surface area contributed by atoms with Gasteiger partial charge in [0.15, 0.2) is 11.5 Å². The lowest BCUT2D eigenvalue weighted by Gasteiger charge is -2.37. The molecule has 0 aromatic heterocycles. The van der Waals surface area contributed by atoms with E-state index in [1.807, 2.05) is 13.8 Å². The van der Waals surface area contributed by atoms with Gasteiger partial charge < -0.3 is 30.2 Å². The molecular formula is C24H37N3O6. The highest BCUT2D eigenvalue weighted by molar-refractivity contribution is 5.93. The van der Waals surface area contributed by atoms with Crippen molar-refractivity contribution in [2.45, 2.75) is 64.5 Å². The highest BCUT2D eigenvalue weighted by atomic mass is 16.5. The lowest BCUT2D eigenvalue weighted by Crippen LogP contribution is -2.57. The Morgan fingerprint density at radius 1 is 1.09 bits per heavy atom. The van der Waals surface area contributed by atoms with E-state index in [2.05, 4.69) is 5.32 Å². The molecule has 0 saturated carbocycles. The first kappa shape index (κ1) is 26.3. The van der Waals surface area contributed by atoms with E-state index < -0.39 is 23.9 Å². The molecule has 3 N–H and O–H groups in total. The van der Waals surface area contributed by atoms with Crippen LogP contribution < -0.4 is 25.3 Å². The number of rotatable bonds is 10. The number of ether oxygens (including phenoxy) is 3. The van der Waals surface area contributed by atoms with Gasteiger partial charge in [-0.1, -0.05) is 20.3 Å². The monoisotopic (exact) mass is 463 g/mol. The van der Waals surface area contributed by atoms with Gasteiger partial charge in [0.1, 0.15) is 12.1 Å². The van der Waals surface area contributed by atoms with Crippen LogP contribution in [0.5, 0.6) is 17.2 Å². The van der Waals surface area contributed by atoms with Gasteiger partial charge in [0, 0.05) is 6.54 Å². The number of carbonyl (C=O) groups is 3. The molecular weight excluding hydrogens is 426 g/mol. The molecule has 0 unspecified atom stereocenters. The maximum absolute atomic E-state index is 13.5. The topological polar surface area (TPSA) is 120 Å². The van der Waals surface area contributed by atoms with E-state index in [-0.39, 0.29) is 17.7 Å². The SMILES string of the molecule is CC[C@@H](C)[C@@H](NC(=O)[C@@H]1CCCCN1C(=O)[C@@H](C)c1cc(OC)c(OC)c(OC)c1)C(N)=O. The third-order valence-corrected chi connectivity index (χ3v) is 6.46. The van der Waals surface area contributed by atoms with Crippen LogP contribution in [0.1, 0.15) is 57.9 Å². The quantitative estimate of drug-likeness (QED) is 0.549. The van der Waals surface area contributed by atoms with Crippen molar-refractivity contribution < 1.29 is 28.6 Å². The second-order valence-corrected chi connectivity index (χ2v) is 8.50. The number of benzene rings is 1. The Bertz CT molecular complexity index is 834. The maximum atomic E-state index is 13.5. The predicted octanol–water partition coefficient (Wildman–Crippen LogP) is 2.21. The fourth-order valence-electron chi connectivity index (χ4n) is 4.19. The highest BCUT2D eigenvalue weighted by Crippen LogP contribution is 2.40. The van der Waals surface area contributed by atoms with Crippen LogP contribution in [-0.4, -0.2) is 62.6 Å². The number of carbonyl (C=O) groups excluding carboxylic acids is 3. The third-order valence-electron chi connectivity index (χ3n) is 6.46. The molecule has 1 heterocycles. The molecule has 3 amide bonds. The average molecular weight is 464 g/mol. The van der Waals surface area contributed by atoms with Gasteiger partial charge in [-0.05, 0) is 49.8 Å². The largest absolute Gasteiger partial charge is 0.493 e. The van der Waals surface area contributed by atoms with Crippen LogP contribution in [0.2, 0.25) is 0 Å². The molecule has 0 radical (unpaired) electrons. The van der Waals surface area contributed by atoms with Crippen molar-refractivity contribution in [3.63, 3.8) is 0 Å². The van der Waals surface area contributed by atoms with Crippen LogP contribution in [0.3, 0.4) is 0 Å². The molecule has 0 bridgehead atoms. The zero-order valence-electron chi connectivity index (χ0n) is 20.5. The Balaban J connectivity index is 2.29. The zero-order valence-corrected chi connectivity index (χ0v) is 20.5. The standard InChI is InChI=1S/C24H37N3O6/c1-7-14(2)20(22(25)28)26-23(29)17-10-8-9-11-27(17)24(30)15(3)16-12-18(31-4)21(33-6)19(13-16)32-5/h12-15,17,20H,7-11H2,1-6H3,(H2,25,28)(H,26,29)/t14-,15+,17+,20-/m1/s1. The van der Waals surface area contributed by atoms with Gasteiger partial charge in [-0.15, -0.1) is 0 Å². The van der Waals surface area contributed by atoms with Gasteiger partial charge in [0.25, 0.3) is 0 Å². The number of methoxy groups -OCH3 is 3. The highest BCUT2D eigenvalue weighted by Gasteiger charge is 2.37. The van der Waals surface area contributed by atoms with E-state index in [0.717, 1.165) is 12.8 Å². The minimum atomic E-state index is -0.770. The first-order valence-electron chi connectivity index (χ1n) is 11.4. The summed E-state index contributed by atoms with van der Waals surface area (Å²) in [7, 11) is 4.56. The van der Waals surface area contributed by atoms with Gasteiger partial charge in [0.2, 0.25) is 23.5 Å². The Morgan fingerprint density at radius 3 is 2.18 bits per heavy atom. The molecule has 9 nitrogen and oxygen atoms in total. The van der Waals surface area contributed by atoms with Crippen LogP contribution in [0.4, 0.5) is 0 Å². The van der Waals surface area contributed by atoms with Crippen LogP contribution in [-0.2, 0) is 14.4 Å². The van der Waals surface area contributed by atoms with Crippen LogP contribution in [0, 0.1) is 5.92 Å². The number of amides is 3. The first-order valence-corrected chi connectivity index (χ1v) is 11.4. The van der Waals surface area contributed by atoms with Crippen LogP contribution in [0.25, 0.3) is 0 Å². The van der Waals surface area contributed by atoms with Gasteiger partial charge in [-0.3, -0.25) is 14.4 Å². The van der Waals surface area contributed by atoms with Gasteiger partial charge >= 0.3 is 0 Å².